The van der Waals surface area contributed by atoms with E-state index in [-0.39, 0.29) is 11.6 Å². The van der Waals surface area contributed by atoms with Crippen molar-refractivity contribution >= 4 is 29.0 Å². The topological polar surface area (TPSA) is 64.7 Å². The minimum Gasteiger partial charge on any atom is -0.371 e. The summed E-state index contributed by atoms with van der Waals surface area (Å²) in [7, 11) is 0. The summed E-state index contributed by atoms with van der Waals surface area (Å²) in [6, 6.07) is 7.60. The molecule has 0 bridgehead atoms. The Morgan fingerprint density at radius 3 is 2.33 bits per heavy atom. The second-order valence-corrected chi connectivity index (χ2v) is 8.96. The molecule has 0 radical (unpaired) electrons. The average Bonchev–Trinajstić information content (AvgIpc) is 2.81. The van der Waals surface area contributed by atoms with Crippen molar-refractivity contribution in [1.29, 1.82) is 0 Å². The summed E-state index contributed by atoms with van der Waals surface area (Å²) in [5.74, 6) is -0.946. The number of carbonyl (C=O) groups is 2. The number of rotatable bonds is 4. The first kappa shape index (κ1) is 23.0. The number of halogens is 2. The van der Waals surface area contributed by atoms with Gasteiger partial charge in [-0.3, -0.25) is 4.79 Å². The number of amides is 3. The minimum atomic E-state index is -0.860. The molecule has 2 aromatic carbocycles. The summed E-state index contributed by atoms with van der Waals surface area (Å²) in [6.07, 6.45) is 5.26. The first-order valence-electron chi connectivity index (χ1n) is 11.6. The molecule has 0 saturated carbocycles. The van der Waals surface area contributed by atoms with Crippen LogP contribution in [0.4, 0.5) is 30.6 Å². The van der Waals surface area contributed by atoms with E-state index in [1.54, 1.807) is 12.1 Å². The van der Waals surface area contributed by atoms with Gasteiger partial charge in [-0.2, -0.15) is 0 Å². The molecule has 0 unspecified atom stereocenters. The lowest BCUT2D eigenvalue weighted by molar-refractivity contribution is 0.0725. The number of carbonyl (C=O) groups excluding carboxylic acids is 2. The predicted octanol–water partition coefficient (Wildman–Crippen LogP) is 5.47. The lowest BCUT2D eigenvalue weighted by atomic mass is 9.97. The number of anilines is 3. The zero-order valence-electron chi connectivity index (χ0n) is 18.9. The average molecular weight is 457 g/mol. The maximum Gasteiger partial charge on any atom is 0.323 e. The summed E-state index contributed by atoms with van der Waals surface area (Å²) in [5.41, 5.74) is 1.76. The van der Waals surface area contributed by atoms with Crippen molar-refractivity contribution in [2.24, 2.45) is 5.92 Å². The number of urea groups is 1. The zero-order valence-corrected chi connectivity index (χ0v) is 18.9. The van der Waals surface area contributed by atoms with E-state index in [0.29, 0.717) is 23.2 Å². The van der Waals surface area contributed by atoms with Crippen LogP contribution in [-0.4, -0.2) is 43.0 Å². The van der Waals surface area contributed by atoms with Crippen LogP contribution in [0.25, 0.3) is 0 Å². The normalized spacial score (nSPS) is 17.1. The van der Waals surface area contributed by atoms with Gasteiger partial charge in [0.15, 0.2) is 0 Å². The van der Waals surface area contributed by atoms with Gasteiger partial charge in [0, 0.05) is 43.6 Å². The largest absolute Gasteiger partial charge is 0.371 e. The van der Waals surface area contributed by atoms with Gasteiger partial charge >= 0.3 is 6.03 Å². The molecule has 2 aliphatic rings. The molecule has 0 aromatic heterocycles. The molecule has 33 heavy (non-hydrogen) atoms. The van der Waals surface area contributed by atoms with Crippen molar-refractivity contribution in [2.45, 2.75) is 39.0 Å². The monoisotopic (exact) mass is 456 g/mol. The number of nitrogens with one attached hydrogen (secondary N) is 2. The molecule has 3 amide bonds. The van der Waals surface area contributed by atoms with Crippen molar-refractivity contribution in [2.75, 3.05) is 41.7 Å². The first-order chi connectivity index (χ1) is 15.9. The van der Waals surface area contributed by atoms with Gasteiger partial charge in [-0.25, -0.2) is 13.6 Å². The number of benzene rings is 2. The third-order valence-electron chi connectivity index (χ3n) is 6.43. The highest BCUT2D eigenvalue weighted by molar-refractivity contribution is 6.04. The van der Waals surface area contributed by atoms with Crippen molar-refractivity contribution < 1.29 is 18.4 Å². The van der Waals surface area contributed by atoms with E-state index < -0.39 is 17.7 Å². The second kappa shape index (κ2) is 10.2. The fourth-order valence-electron chi connectivity index (χ4n) is 4.45. The summed E-state index contributed by atoms with van der Waals surface area (Å²) in [4.78, 5) is 30.0. The second-order valence-electron chi connectivity index (χ2n) is 8.96. The lowest BCUT2D eigenvalue weighted by Crippen LogP contribution is -2.38. The molecule has 2 fully saturated rings. The third-order valence-corrected chi connectivity index (χ3v) is 6.43. The molecule has 6 nitrogen and oxygen atoms in total. The Kier molecular flexibility index (Phi) is 7.11. The summed E-state index contributed by atoms with van der Waals surface area (Å²) >= 11 is 0. The van der Waals surface area contributed by atoms with E-state index in [4.69, 9.17) is 0 Å². The van der Waals surface area contributed by atoms with Crippen LogP contribution in [0, 0.1) is 17.6 Å². The van der Waals surface area contributed by atoms with Crippen molar-refractivity contribution in [3.8, 4) is 0 Å². The quantitative estimate of drug-likeness (QED) is 0.641. The van der Waals surface area contributed by atoms with Gasteiger partial charge in [-0.15, -0.1) is 0 Å². The Morgan fingerprint density at radius 2 is 1.64 bits per heavy atom. The number of hydrogen-bond acceptors (Lipinski definition) is 3. The Labute approximate surface area is 192 Å². The standard InChI is InChI=1S/C25H30F2N4O2/c1-17-9-13-30(14-10-17)23-8-6-19(16-20(23)24(32)31-11-3-2-4-12-31)28-25(33)29-22-7-5-18(26)15-21(22)27/h5-8,15-17H,2-4,9-14H2,1H3,(H2,28,29,33). The third kappa shape index (κ3) is 5.61. The molecule has 2 aliphatic heterocycles. The van der Waals surface area contributed by atoms with E-state index in [1.165, 1.54) is 0 Å². The van der Waals surface area contributed by atoms with Gasteiger partial charge in [0.25, 0.3) is 5.91 Å². The van der Waals surface area contributed by atoms with Crippen molar-refractivity contribution in [3.05, 3.63) is 53.6 Å². The van der Waals surface area contributed by atoms with Crippen LogP contribution in [0.15, 0.2) is 36.4 Å². The summed E-state index contributed by atoms with van der Waals surface area (Å²) in [6.45, 7) is 5.48. The molecule has 0 aliphatic carbocycles. The SMILES string of the molecule is CC1CCN(c2ccc(NC(=O)Nc3ccc(F)cc3F)cc2C(=O)N2CCCCC2)CC1. The van der Waals surface area contributed by atoms with Crippen LogP contribution in [0.5, 0.6) is 0 Å². The smallest absolute Gasteiger partial charge is 0.323 e. The van der Waals surface area contributed by atoms with E-state index in [2.05, 4.69) is 22.5 Å². The van der Waals surface area contributed by atoms with Crippen LogP contribution in [0.2, 0.25) is 0 Å². The molecule has 0 spiro atoms. The van der Waals surface area contributed by atoms with Crippen LogP contribution >= 0.6 is 0 Å². The van der Waals surface area contributed by atoms with Crippen LogP contribution in [-0.2, 0) is 0 Å². The Bertz CT molecular complexity index is 1020. The highest BCUT2D eigenvalue weighted by Gasteiger charge is 2.25. The minimum absolute atomic E-state index is 0.0306. The molecule has 2 heterocycles. The maximum atomic E-state index is 13.9. The van der Waals surface area contributed by atoms with E-state index >= 15 is 0 Å². The van der Waals surface area contributed by atoms with Gasteiger partial charge < -0.3 is 20.4 Å². The summed E-state index contributed by atoms with van der Waals surface area (Å²) in [5, 5.41) is 5.05. The number of likely N-dealkylation sites (tertiary alicyclic amines) is 1. The predicted molar refractivity (Wildman–Crippen MR) is 126 cm³/mol. The molecule has 2 aromatic rings. The molecule has 2 N–H and O–H groups in total. The maximum absolute atomic E-state index is 13.9. The number of hydrogen-bond donors (Lipinski definition) is 2. The first-order valence-corrected chi connectivity index (χ1v) is 11.6. The van der Waals surface area contributed by atoms with Gasteiger partial charge in [0.05, 0.1) is 11.3 Å². The fourth-order valence-corrected chi connectivity index (χ4v) is 4.45. The van der Waals surface area contributed by atoms with Crippen LogP contribution in [0.1, 0.15) is 49.4 Å². The van der Waals surface area contributed by atoms with Gasteiger partial charge in [-0.05, 0) is 68.4 Å². The highest BCUT2D eigenvalue weighted by Crippen LogP contribution is 2.30. The molecule has 176 valence electrons. The molecule has 8 heteroatoms. The van der Waals surface area contributed by atoms with E-state index in [0.717, 1.165) is 76.1 Å². The van der Waals surface area contributed by atoms with Crippen LogP contribution in [0.3, 0.4) is 0 Å². The lowest BCUT2D eigenvalue weighted by Gasteiger charge is -2.35. The molecule has 4 rings (SSSR count). The number of piperidine rings is 2. The molecular weight excluding hydrogens is 426 g/mol. The molecule has 0 atom stereocenters. The van der Waals surface area contributed by atoms with E-state index in [1.807, 2.05) is 11.0 Å². The van der Waals surface area contributed by atoms with Gasteiger partial charge in [0.2, 0.25) is 0 Å². The molecular formula is C25H30F2N4O2. The van der Waals surface area contributed by atoms with Crippen molar-refractivity contribution in [1.82, 2.24) is 4.90 Å². The highest BCUT2D eigenvalue weighted by atomic mass is 19.1. The Balaban J connectivity index is 1.55. The molecule has 2 saturated heterocycles. The Morgan fingerprint density at radius 1 is 0.909 bits per heavy atom. The van der Waals surface area contributed by atoms with Crippen LogP contribution < -0.4 is 15.5 Å². The van der Waals surface area contributed by atoms with Gasteiger partial charge in [-0.1, -0.05) is 6.92 Å². The number of nitrogens with zero attached hydrogens (tertiary/aromatic N) is 2. The van der Waals surface area contributed by atoms with Gasteiger partial charge in [0.1, 0.15) is 11.6 Å². The Hall–Kier alpha value is -3.16. The zero-order chi connectivity index (χ0) is 23.4. The van der Waals surface area contributed by atoms with E-state index in [9.17, 15) is 18.4 Å². The fraction of sp³-hybridized carbons (Fsp3) is 0.440. The van der Waals surface area contributed by atoms with Crippen molar-refractivity contribution in [3.63, 3.8) is 0 Å². The summed E-state index contributed by atoms with van der Waals surface area (Å²) < 4.78 is 27.0.